The third-order valence-electron chi connectivity index (χ3n) is 4.11. The molecule has 2 aromatic heterocycles. The number of carbonyl (C=O) groups excluding carboxylic acids is 1. The maximum atomic E-state index is 12.8. The fourth-order valence-corrected chi connectivity index (χ4v) is 3.00. The number of esters is 1. The van der Waals surface area contributed by atoms with E-state index in [1.54, 1.807) is 0 Å². The van der Waals surface area contributed by atoms with Crippen molar-refractivity contribution in [3.8, 4) is 0 Å². The zero-order valence-corrected chi connectivity index (χ0v) is 16.7. The Morgan fingerprint density at radius 1 is 1.41 bits per heavy atom. The summed E-state index contributed by atoms with van der Waals surface area (Å²) in [6.07, 6.45) is 2.80. The standard InChI is InChI=1S/C15H20N6O5.C3H8/c1-2-5-20-11-12(18-14(17)19-13(11)23)21(15(20)24)9-4-3-8(26-9)7-25-10(22)6-16;1-3-2/h2,8-9H,1,3-7,16H2,(H3,17,18,19,23);3H2,1-2H3. The van der Waals surface area contributed by atoms with Crippen LogP contribution in [0, 0.1) is 0 Å². The molecule has 2 unspecified atom stereocenters. The number of nitrogens with zero attached hydrogens (tertiary/aromatic N) is 3. The van der Waals surface area contributed by atoms with Crippen molar-refractivity contribution in [2.24, 2.45) is 5.73 Å². The summed E-state index contributed by atoms with van der Waals surface area (Å²) in [4.78, 5) is 42.7. The molecule has 1 aliphatic heterocycles. The van der Waals surface area contributed by atoms with E-state index in [9.17, 15) is 14.4 Å². The van der Waals surface area contributed by atoms with Crippen molar-refractivity contribution in [2.75, 3.05) is 18.9 Å². The van der Waals surface area contributed by atoms with Gasteiger partial charge in [-0.2, -0.15) is 4.98 Å². The van der Waals surface area contributed by atoms with Crippen LogP contribution < -0.4 is 22.7 Å². The van der Waals surface area contributed by atoms with Crippen molar-refractivity contribution in [2.45, 2.75) is 52.0 Å². The Balaban J connectivity index is 0.000000941. The predicted octanol–water partition coefficient (Wildman–Crippen LogP) is 0.250. The molecule has 0 bridgehead atoms. The molecule has 3 heterocycles. The number of rotatable bonds is 6. The van der Waals surface area contributed by atoms with Crippen LogP contribution in [0.15, 0.2) is 22.2 Å². The fourth-order valence-electron chi connectivity index (χ4n) is 3.00. The predicted molar refractivity (Wildman–Crippen MR) is 108 cm³/mol. The summed E-state index contributed by atoms with van der Waals surface area (Å²) in [5.74, 6) is -0.629. The van der Waals surface area contributed by atoms with Crippen molar-refractivity contribution in [1.29, 1.82) is 0 Å². The number of nitrogens with two attached hydrogens (primary N) is 2. The number of H-pyrrole nitrogens is 1. The molecule has 0 spiro atoms. The van der Waals surface area contributed by atoms with E-state index in [0.717, 1.165) is 0 Å². The minimum absolute atomic E-state index is 0.0444. The second-order valence-electron chi connectivity index (χ2n) is 6.56. The Morgan fingerprint density at radius 3 is 2.72 bits per heavy atom. The molecule has 0 aromatic carbocycles. The lowest BCUT2D eigenvalue weighted by Crippen LogP contribution is -2.29. The maximum absolute atomic E-state index is 12.8. The van der Waals surface area contributed by atoms with Crippen LogP contribution in [0.2, 0.25) is 0 Å². The van der Waals surface area contributed by atoms with E-state index in [0.29, 0.717) is 12.8 Å². The summed E-state index contributed by atoms with van der Waals surface area (Å²) >= 11 is 0. The summed E-state index contributed by atoms with van der Waals surface area (Å²) < 4.78 is 13.4. The normalized spacial score (nSPS) is 18.3. The molecule has 0 radical (unpaired) electrons. The lowest BCUT2D eigenvalue weighted by molar-refractivity contribution is -0.146. The van der Waals surface area contributed by atoms with E-state index in [-0.39, 0.29) is 42.9 Å². The number of nitrogen functional groups attached to an aromatic ring is 1. The lowest BCUT2D eigenvalue weighted by Gasteiger charge is -2.14. The summed E-state index contributed by atoms with van der Waals surface area (Å²) in [7, 11) is 0. The first kappa shape index (κ1) is 22.4. The average molecular weight is 408 g/mol. The fraction of sp³-hybridized carbons (Fsp3) is 0.556. The molecule has 2 atom stereocenters. The van der Waals surface area contributed by atoms with Crippen LogP contribution in [0.5, 0.6) is 0 Å². The van der Waals surface area contributed by atoms with E-state index >= 15 is 0 Å². The first-order valence-corrected chi connectivity index (χ1v) is 9.50. The Morgan fingerprint density at radius 2 is 2.10 bits per heavy atom. The van der Waals surface area contributed by atoms with E-state index < -0.39 is 23.4 Å². The molecule has 2 aromatic rings. The number of aromatic nitrogens is 4. The Labute approximate surface area is 167 Å². The minimum atomic E-state index is -0.647. The number of imidazole rings is 1. The highest BCUT2D eigenvalue weighted by Gasteiger charge is 2.32. The molecule has 0 aliphatic carbocycles. The first-order valence-electron chi connectivity index (χ1n) is 9.50. The van der Waals surface area contributed by atoms with Crippen LogP contribution in [-0.2, 0) is 20.8 Å². The monoisotopic (exact) mass is 408 g/mol. The van der Waals surface area contributed by atoms with Gasteiger partial charge in [-0.25, -0.2) is 9.36 Å². The van der Waals surface area contributed by atoms with Gasteiger partial charge in [0, 0.05) is 6.54 Å². The molecule has 0 saturated carbocycles. The summed E-state index contributed by atoms with van der Waals surface area (Å²) in [5.41, 5.74) is 10.1. The molecule has 0 amide bonds. The van der Waals surface area contributed by atoms with Crippen LogP contribution in [0.4, 0.5) is 5.95 Å². The van der Waals surface area contributed by atoms with Crippen molar-refractivity contribution >= 4 is 23.1 Å². The van der Waals surface area contributed by atoms with Gasteiger partial charge in [0.15, 0.2) is 11.2 Å². The summed E-state index contributed by atoms with van der Waals surface area (Å²) in [6.45, 7) is 7.83. The van der Waals surface area contributed by atoms with Gasteiger partial charge in [-0.1, -0.05) is 26.3 Å². The zero-order chi connectivity index (χ0) is 21.6. The van der Waals surface area contributed by atoms with Crippen LogP contribution in [0.25, 0.3) is 11.2 Å². The molecule has 1 aliphatic rings. The minimum Gasteiger partial charge on any atom is -0.462 e. The van der Waals surface area contributed by atoms with Gasteiger partial charge in [0.1, 0.15) is 12.8 Å². The highest BCUT2D eigenvalue weighted by molar-refractivity contribution is 5.72. The van der Waals surface area contributed by atoms with Gasteiger partial charge in [-0.05, 0) is 12.8 Å². The molecular formula is C18H28N6O5. The number of nitrogens with one attached hydrogen (secondary N) is 1. The molecule has 11 heteroatoms. The van der Waals surface area contributed by atoms with Gasteiger partial charge in [0.2, 0.25) is 5.95 Å². The number of hydrogen-bond donors (Lipinski definition) is 3. The van der Waals surface area contributed by atoms with Gasteiger partial charge in [0.05, 0.1) is 12.6 Å². The number of aromatic amines is 1. The van der Waals surface area contributed by atoms with Crippen molar-refractivity contribution in [3.05, 3.63) is 33.5 Å². The van der Waals surface area contributed by atoms with Gasteiger partial charge >= 0.3 is 11.7 Å². The number of ether oxygens (including phenoxy) is 2. The third kappa shape index (κ3) is 4.93. The summed E-state index contributed by atoms with van der Waals surface area (Å²) in [6, 6.07) is 0. The molecular weight excluding hydrogens is 380 g/mol. The van der Waals surface area contributed by atoms with Crippen molar-refractivity contribution in [3.63, 3.8) is 0 Å². The molecule has 1 saturated heterocycles. The van der Waals surface area contributed by atoms with Gasteiger partial charge in [0.25, 0.3) is 5.56 Å². The Bertz CT molecular complexity index is 976. The SMILES string of the molecule is C=CCn1c(=O)n(C2CCC(COC(=O)CN)O2)c2nc(N)[nH]c(=O)c21.CCC. The van der Waals surface area contributed by atoms with Gasteiger partial charge < -0.3 is 20.9 Å². The second-order valence-corrected chi connectivity index (χ2v) is 6.56. The molecule has 160 valence electrons. The Kier molecular flexibility index (Phi) is 7.74. The number of carbonyl (C=O) groups is 1. The molecule has 5 N–H and O–H groups in total. The lowest BCUT2D eigenvalue weighted by atomic mass is 10.2. The summed E-state index contributed by atoms with van der Waals surface area (Å²) in [5, 5.41) is 0. The van der Waals surface area contributed by atoms with Gasteiger partial charge in [-0.3, -0.25) is 19.1 Å². The maximum Gasteiger partial charge on any atom is 0.332 e. The van der Waals surface area contributed by atoms with Crippen molar-refractivity contribution < 1.29 is 14.3 Å². The highest BCUT2D eigenvalue weighted by Crippen LogP contribution is 2.29. The van der Waals surface area contributed by atoms with Crippen molar-refractivity contribution in [1.82, 2.24) is 19.1 Å². The number of hydrogen-bond acceptors (Lipinski definition) is 8. The highest BCUT2D eigenvalue weighted by atomic mass is 16.6. The Hall–Kier alpha value is -2.92. The topological polar surface area (TPSA) is 160 Å². The van der Waals surface area contributed by atoms with Crippen LogP contribution in [0.3, 0.4) is 0 Å². The number of anilines is 1. The largest absolute Gasteiger partial charge is 0.462 e. The first-order chi connectivity index (χ1) is 13.9. The number of fused-ring (bicyclic) bond motifs is 1. The van der Waals surface area contributed by atoms with E-state index in [1.165, 1.54) is 21.6 Å². The molecule has 1 fully saturated rings. The molecule has 29 heavy (non-hydrogen) atoms. The molecule has 11 nitrogen and oxygen atoms in total. The van der Waals surface area contributed by atoms with E-state index in [4.69, 9.17) is 20.9 Å². The average Bonchev–Trinajstić information content (AvgIpc) is 3.23. The third-order valence-corrected chi connectivity index (χ3v) is 4.11. The second kappa shape index (κ2) is 10.0. The van der Waals surface area contributed by atoms with Gasteiger partial charge in [-0.15, -0.1) is 6.58 Å². The van der Waals surface area contributed by atoms with Crippen LogP contribution in [0.1, 0.15) is 39.3 Å². The van der Waals surface area contributed by atoms with Crippen LogP contribution >= 0.6 is 0 Å². The number of allylic oxidation sites excluding steroid dienone is 1. The quantitative estimate of drug-likeness (QED) is 0.453. The smallest absolute Gasteiger partial charge is 0.332 e. The van der Waals surface area contributed by atoms with E-state index in [2.05, 4.69) is 30.4 Å². The van der Waals surface area contributed by atoms with E-state index in [1.807, 2.05) is 0 Å². The zero-order valence-electron chi connectivity index (χ0n) is 16.7. The molecule has 3 rings (SSSR count). The van der Waals surface area contributed by atoms with Crippen LogP contribution in [-0.4, -0.2) is 44.3 Å².